The van der Waals surface area contributed by atoms with Gasteiger partial charge in [-0.15, -0.1) is 5.69 Å². The van der Waals surface area contributed by atoms with E-state index in [9.17, 15) is 4.79 Å². The smallest absolute Gasteiger partial charge is 0.699 e. The monoisotopic (exact) mass is 203 g/mol. The molecule has 3 nitrogen and oxygen atoms in total. The van der Waals surface area contributed by atoms with Crippen molar-refractivity contribution in [3.63, 3.8) is 0 Å². The van der Waals surface area contributed by atoms with E-state index >= 15 is 0 Å². The number of hydrogen-bond donors (Lipinski definition) is 0. The predicted octanol–water partition coefficient (Wildman–Crippen LogP) is -0.563. The molecule has 4 heteroatoms. The van der Waals surface area contributed by atoms with Crippen molar-refractivity contribution in [2.75, 3.05) is 0 Å². The van der Waals surface area contributed by atoms with Gasteiger partial charge in [-0.3, -0.25) is 4.79 Å². The Morgan fingerprint density at radius 3 is 2.38 bits per heavy atom. The topological polar surface area (TPSA) is 50.1 Å². The van der Waals surface area contributed by atoms with Crippen molar-refractivity contribution in [3.8, 4) is 0 Å². The second-order valence-corrected chi connectivity index (χ2v) is 2.48. The fraction of sp³-hybridized carbons (Fsp3) is 0.222. The molecule has 1 aromatic carbocycles. The molecule has 0 radical (unpaired) electrons. The van der Waals surface area contributed by atoms with Crippen molar-refractivity contribution >= 4 is 11.7 Å². The first-order valence-corrected chi connectivity index (χ1v) is 3.62. The molecule has 0 bridgehead atoms. The summed E-state index contributed by atoms with van der Waals surface area (Å²) in [5.41, 5.74) is 8.56. The summed E-state index contributed by atoms with van der Waals surface area (Å²) in [6, 6.07) is 6.87. The molecule has 0 aliphatic rings. The van der Waals surface area contributed by atoms with Gasteiger partial charge in [-0.05, 0) is 5.56 Å². The number of hydrogen-bond acceptors (Lipinski definition) is 2. The Kier molecular flexibility index (Phi) is 6.62. The molecule has 1 aromatic rings. The van der Waals surface area contributed by atoms with Crippen LogP contribution in [0.15, 0.2) is 24.3 Å². The molecule has 0 saturated heterocycles. The third-order valence-electron chi connectivity index (χ3n) is 1.40. The molecule has 0 fully saturated rings. The first kappa shape index (κ1) is 13.1. The van der Waals surface area contributed by atoms with Crippen molar-refractivity contribution in [1.82, 2.24) is 0 Å². The van der Waals surface area contributed by atoms with Gasteiger partial charge in [0.15, 0.2) is 0 Å². The molecule has 0 heterocycles. The Morgan fingerprint density at radius 1 is 1.38 bits per heavy atom. The maximum Gasteiger partial charge on any atom is 1.00 e. The van der Waals surface area contributed by atoms with E-state index in [0.29, 0.717) is 5.69 Å². The molecule has 0 unspecified atom stereocenters. The summed E-state index contributed by atoms with van der Waals surface area (Å²) in [6.45, 7) is 1.66. The van der Waals surface area contributed by atoms with Crippen molar-refractivity contribution in [2.45, 2.75) is 13.5 Å². The number of ether oxygens (including phenoxy) is 1. The van der Waals surface area contributed by atoms with Crippen LogP contribution in [-0.2, 0) is 16.1 Å². The van der Waals surface area contributed by atoms with E-state index in [0.717, 1.165) is 5.56 Å². The predicted molar refractivity (Wildman–Crippen MR) is 45.9 cm³/mol. The summed E-state index contributed by atoms with van der Waals surface area (Å²) in [5.74, 6) is -0.287. The molecular formula is C9H10KNO2. The van der Waals surface area contributed by atoms with Gasteiger partial charge in [0.1, 0.15) is 6.61 Å². The van der Waals surface area contributed by atoms with Crippen LogP contribution >= 0.6 is 0 Å². The van der Waals surface area contributed by atoms with Gasteiger partial charge in [0.2, 0.25) is 0 Å². The van der Waals surface area contributed by atoms with Crippen molar-refractivity contribution in [2.24, 2.45) is 0 Å². The minimum Gasteiger partial charge on any atom is -0.699 e. The van der Waals surface area contributed by atoms with Gasteiger partial charge in [0.05, 0.1) is 0 Å². The maximum absolute atomic E-state index is 10.4. The van der Waals surface area contributed by atoms with E-state index < -0.39 is 0 Å². The van der Waals surface area contributed by atoms with Gasteiger partial charge < -0.3 is 10.5 Å². The molecule has 1 rings (SSSR count). The van der Waals surface area contributed by atoms with Crippen LogP contribution in [0, 0.1) is 0 Å². The molecule has 0 spiro atoms. The van der Waals surface area contributed by atoms with E-state index in [1.165, 1.54) is 6.92 Å². The fourth-order valence-electron chi connectivity index (χ4n) is 0.786. The Labute approximate surface area is 120 Å². The first-order valence-electron chi connectivity index (χ1n) is 3.62. The van der Waals surface area contributed by atoms with Gasteiger partial charge in [0.25, 0.3) is 0 Å². The summed E-state index contributed by atoms with van der Waals surface area (Å²) >= 11 is 0. The summed E-state index contributed by atoms with van der Waals surface area (Å²) < 4.78 is 4.77. The van der Waals surface area contributed by atoms with E-state index in [1.807, 2.05) is 0 Å². The zero-order chi connectivity index (χ0) is 8.97. The van der Waals surface area contributed by atoms with Crippen LogP contribution in [0.1, 0.15) is 12.5 Å². The van der Waals surface area contributed by atoms with Crippen molar-refractivity contribution in [3.05, 3.63) is 35.6 Å². The summed E-state index contributed by atoms with van der Waals surface area (Å²) in [6.07, 6.45) is 0. The molecule has 13 heavy (non-hydrogen) atoms. The average molecular weight is 203 g/mol. The minimum absolute atomic E-state index is 0. The second-order valence-electron chi connectivity index (χ2n) is 2.48. The first-order chi connectivity index (χ1) is 5.68. The van der Waals surface area contributed by atoms with E-state index in [1.54, 1.807) is 24.3 Å². The van der Waals surface area contributed by atoms with Crippen LogP contribution in [0.25, 0.3) is 5.73 Å². The van der Waals surface area contributed by atoms with E-state index in [-0.39, 0.29) is 64.0 Å². The molecule has 0 atom stereocenters. The number of esters is 1. The van der Waals surface area contributed by atoms with Crippen LogP contribution in [0.3, 0.4) is 0 Å². The normalized spacial score (nSPS) is 8.69. The quantitative estimate of drug-likeness (QED) is 0.478. The Balaban J connectivity index is 0.00000144. The summed E-state index contributed by atoms with van der Waals surface area (Å²) in [5, 5.41) is 0. The molecule has 0 saturated carbocycles. The van der Waals surface area contributed by atoms with Gasteiger partial charge in [-0.25, -0.2) is 0 Å². The summed E-state index contributed by atoms with van der Waals surface area (Å²) in [7, 11) is 0. The largest absolute Gasteiger partial charge is 1.00 e. The zero-order valence-electron chi connectivity index (χ0n) is 7.83. The van der Waals surface area contributed by atoms with Gasteiger partial charge >= 0.3 is 57.4 Å². The number of benzene rings is 1. The maximum atomic E-state index is 10.4. The molecule has 64 valence electrons. The van der Waals surface area contributed by atoms with Gasteiger partial charge in [0, 0.05) is 6.92 Å². The van der Waals surface area contributed by atoms with Crippen molar-refractivity contribution in [1.29, 1.82) is 0 Å². The van der Waals surface area contributed by atoms with Gasteiger partial charge in [-0.1, -0.05) is 24.3 Å². The molecule has 0 aromatic heterocycles. The molecule has 0 amide bonds. The number of carbonyl (C=O) groups excluding carboxylic acids is 1. The molecule has 1 N–H and O–H groups in total. The Bertz CT molecular complexity index is 271. The molecular weight excluding hydrogens is 193 g/mol. The zero-order valence-corrected chi connectivity index (χ0v) is 11.0. The Hall–Kier alpha value is 0.126. The number of rotatable bonds is 2. The third-order valence-corrected chi connectivity index (χ3v) is 1.40. The van der Waals surface area contributed by atoms with Crippen LogP contribution in [-0.4, -0.2) is 5.97 Å². The average Bonchev–Trinajstić information content (AvgIpc) is 2.03. The molecule has 0 aliphatic carbocycles. The standard InChI is InChI=1S/C9H10NO2.K/c1-7(11)12-6-8-2-4-9(10)5-3-8;/h2-5,10H,6H2,1H3;/q-1;+1. The number of carbonyl (C=O) groups is 1. The van der Waals surface area contributed by atoms with Crippen LogP contribution in [0.4, 0.5) is 5.69 Å². The second kappa shape index (κ2) is 6.56. The van der Waals surface area contributed by atoms with Crippen molar-refractivity contribution < 1.29 is 60.9 Å². The minimum atomic E-state index is -0.287. The SMILES string of the molecule is CC(=O)OCc1ccc([NH-])cc1.[K+]. The van der Waals surface area contributed by atoms with Crippen LogP contribution in [0.5, 0.6) is 0 Å². The third kappa shape index (κ3) is 5.43. The van der Waals surface area contributed by atoms with E-state index in [4.69, 9.17) is 10.5 Å². The fourth-order valence-corrected chi connectivity index (χ4v) is 0.786. The summed E-state index contributed by atoms with van der Waals surface area (Å²) in [4.78, 5) is 10.4. The van der Waals surface area contributed by atoms with Crippen LogP contribution in [0.2, 0.25) is 0 Å². The number of nitrogens with one attached hydrogen (secondary N) is 1. The van der Waals surface area contributed by atoms with Crippen LogP contribution < -0.4 is 51.4 Å². The molecule has 0 aliphatic heterocycles. The van der Waals surface area contributed by atoms with Gasteiger partial charge in [-0.2, -0.15) is 0 Å². The Morgan fingerprint density at radius 2 is 1.92 bits per heavy atom. The van der Waals surface area contributed by atoms with E-state index in [2.05, 4.69) is 0 Å².